The van der Waals surface area contributed by atoms with Gasteiger partial charge in [0.05, 0.1) is 40.2 Å². The molecule has 3 aromatic rings. The van der Waals surface area contributed by atoms with Gasteiger partial charge in [0, 0.05) is 42.4 Å². The van der Waals surface area contributed by atoms with Gasteiger partial charge in [0.15, 0.2) is 5.13 Å². The van der Waals surface area contributed by atoms with Gasteiger partial charge in [-0.3, -0.25) is 15.0 Å². The molecule has 0 saturated carbocycles. The van der Waals surface area contributed by atoms with E-state index in [1.807, 2.05) is 13.8 Å². The molecule has 1 aliphatic rings. The van der Waals surface area contributed by atoms with E-state index in [-0.39, 0.29) is 50.5 Å². The first-order valence-electron chi connectivity index (χ1n) is 11.7. The highest BCUT2D eigenvalue weighted by Crippen LogP contribution is 2.37. The molecule has 1 aromatic heterocycles. The summed E-state index contributed by atoms with van der Waals surface area (Å²) < 4.78 is 51.6. The van der Waals surface area contributed by atoms with Crippen molar-refractivity contribution in [2.45, 2.75) is 52.3 Å². The van der Waals surface area contributed by atoms with Gasteiger partial charge in [0.1, 0.15) is 5.75 Å². The van der Waals surface area contributed by atoms with Crippen LogP contribution >= 0.6 is 22.9 Å². The van der Waals surface area contributed by atoms with E-state index in [1.54, 1.807) is 13.0 Å². The van der Waals surface area contributed by atoms with Crippen LogP contribution < -0.4 is 5.32 Å². The molecule has 1 aliphatic heterocycles. The number of halogens is 4. The maximum absolute atomic E-state index is 13.4. The number of alkyl halides is 3. The zero-order chi connectivity index (χ0) is 26.9. The Balaban J connectivity index is 1.61. The summed E-state index contributed by atoms with van der Waals surface area (Å²) in [4.78, 5) is 19.5. The number of amides is 1. The first-order chi connectivity index (χ1) is 17.4. The van der Waals surface area contributed by atoms with Gasteiger partial charge in [-0.15, -0.1) is 0 Å². The molecule has 1 saturated heterocycles. The van der Waals surface area contributed by atoms with Crippen LogP contribution in [0.2, 0.25) is 5.02 Å². The summed E-state index contributed by atoms with van der Waals surface area (Å²) in [5, 5.41) is 13.9. The zero-order valence-corrected chi connectivity index (χ0v) is 22.1. The van der Waals surface area contributed by atoms with Crippen molar-refractivity contribution in [1.29, 1.82) is 0 Å². The van der Waals surface area contributed by atoms with Crippen molar-refractivity contribution in [3.05, 3.63) is 51.5 Å². The number of carbonyl (C=O) groups is 1. The highest BCUT2D eigenvalue weighted by atomic mass is 35.5. The van der Waals surface area contributed by atoms with Crippen molar-refractivity contribution < 1.29 is 32.5 Å². The molecule has 0 bridgehead atoms. The molecule has 7 nitrogen and oxygen atoms in total. The highest BCUT2D eigenvalue weighted by molar-refractivity contribution is 7.22. The number of nitrogens with zero attached hydrogens (tertiary/aromatic N) is 2. The predicted molar refractivity (Wildman–Crippen MR) is 136 cm³/mol. The van der Waals surface area contributed by atoms with E-state index >= 15 is 0 Å². The number of hydrogen-bond donors (Lipinski definition) is 2. The van der Waals surface area contributed by atoms with Crippen LogP contribution in [0.15, 0.2) is 24.3 Å². The third-order valence-corrected chi connectivity index (χ3v) is 7.01. The van der Waals surface area contributed by atoms with Crippen molar-refractivity contribution >= 4 is 44.2 Å². The first-order valence-corrected chi connectivity index (χ1v) is 12.9. The van der Waals surface area contributed by atoms with Gasteiger partial charge in [-0.1, -0.05) is 22.9 Å². The van der Waals surface area contributed by atoms with Crippen LogP contribution in [0.3, 0.4) is 0 Å². The fourth-order valence-electron chi connectivity index (χ4n) is 4.41. The van der Waals surface area contributed by atoms with Crippen molar-refractivity contribution in [3.8, 4) is 5.75 Å². The third kappa shape index (κ3) is 6.53. The summed E-state index contributed by atoms with van der Waals surface area (Å²) in [6.45, 7) is 7.64. The fourth-order valence-corrected chi connectivity index (χ4v) is 5.60. The minimum absolute atomic E-state index is 0.0253. The molecule has 4 rings (SSSR count). The number of thiazole rings is 1. The molecule has 200 valence electrons. The average molecular weight is 558 g/mol. The molecule has 37 heavy (non-hydrogen) atoms. The predicted octanol–water partition coefficient (Wildman–Crippen LogP) is 6.07. The largest absolute Gasteiger partial charge is 0.507 e. The van der Waals surface area contributed by atoms with Crippen LogP contribution in [0.1, 0.15) is 47.8 Å². The molecule has 2 heterocycles. The third-order valence-electron chi connectivity index (χ3n) is 5.87. The molecular formula is C25H27ClF3N3O4S. The van der Waals surface area contributed by atoms with Gasteiger partial charge in [-0.25, -0.2) is 4.98 Å². The second-order valence-corrected chi connectivity index (χ2v) is 10.5. The Morgan fingerprint density at radius 2 is 1.95 bits per heavy atom. The summed E-state index contributed by atoms with van der Waals surface area (Å²) in [6, 6.07) is 4.95. The number of fused-ring (bicyclic) bond motifs is 1. The Morgan fingerprint density at radius 3 is 2.59 bits per heavy atom. The normalized spacial score (nSPS) is 18.9. The number of anilines is 1. The van der Waals surface area contributed by atoms with Gasteiger partial charge in [0.25, 0.3) is 5.91 Å². The van der Waals surface area contributed by atoms with Crippen molar-refractivity contribution in [2.75, 3.05) is 25.0 Å². The second kappa shape index (κ2) is 11.1. The molecule has 1 amide bonds. The second-order valence-electron chi connectivity index (χ2n) is 9.00. The molecule has 2 atom stereocenters. The molecule has 0 unspecified atom stereocenters. The number of benzene rings is 2. The summed E-state index contributed by atoms with van der Waals surface area (Å²) in [7, 11) is 0. The summed E-state index contributed by atoms with van der Waals surface area (Å²) in [5.41, 5.74) is 0.192. The van der Waals surface area contributed by atoms with Gasteiger partial charge >= 0.3 is 6.18 Å². The molecule has 0 spiro atoms. The van der Waals surface area contributed by atoms with E-state index in [9.17, 15) is 23.1 Å². The van der Waals surface area contributed by atoms with Crippen LogP contribution in [0.5, 0.6) is 5.75 Å². The number of aromatic nitrogens is 1. The maximum Gasteiger partial charge on any atom is 0.416 e. The fraction of sp³-hybridized carbons (Fsp3) is 0.440. The number of carbonyl (C=O) groups excluding carboxylic acids is 1. The Morgan fingerprint density at radius 1 is 1.24 bits per heavy atom. The summed E-state index contributed by atoms with van der Waals surface area (Å²) in [5.74, 6) is -0.891. The lowest BCUT2D eigenvalue weighted by atomic mass is 10.1. The lowest BCUT2D eigenvalue weighted by Gasteiger charge is -2.35. The van der Waals surface area contributed by atoms with Crippen LogP contribution in [-0.4, -0.2) is 52.8 Å². The van der Waals surface area contributed by atoms with E-state index < -0.39 is 17.6 Å². The smallest absolute Gasteiger partial charge is 0.416 e. The van der Waals surface area contributed by atoms with Gasteiger partial charge < -0.3 is 14.6 Å². The number of nitrogens with one attached hydrogen (secondary N) is 1. The van der Waals surface area contributed by atoms with E-state index in [0.717, 1.165) is 23.5 Å². The molecule has 0 radical (unpaired) electrons. The minimum Gasteiger partial charge on any atom is -0.507 e. The SMILES string of the molecule is CCOCc1cc(C(F)(F)F)cc2sc(NC(=O)c3cc(Cl)cc(CN4C[C@@H](C)O[C@@H](C)C4)c3O)nc12. The molecule has 2 N–H and O–H groups in total. The minimum atomic E-state index is -4.54. The molecule has 12 heteroatoms. The number of hydrogen-bond acceptors (Lipinski definition) is 7. The number of phenols is 1. The number of morpholine rings is 1. The van der Waals surface area contributed by atoms with E-state index in [2.05, 4.69) is 15.2 Å². The zero-order valence-electron chi connectivity index (χ0n) is 20.5. The Bertz CT molecular complexity index is 1290. The van der Waals surface area contributed by atoms with E-state index in [1.165, 1.54) is 6.07 Å². The molecular weight excluding hydrogens is 531 g/mol. The molecule has 2 aromatic carbocycles. The van der Waals surface area contributed by atoms with Crippen LogP contribution in [0, 0.1) is 0 Å². The van der Waals surface area contributed by atoms with Crippen molar-refractivity contribution in [1.82, 2.24) is 9.88 Å². The monoisotopic (exact) mass is 557 g/mol. The van der Waals surface area contributed by atoms with E-state index in [0.29, 0.717) is 37.3 Å². The number of aromatic hydroxyl groups is 1. The topological polar surface area (TPSA) is 83.9 Å². The number of rotatable bonds is 7. The van der Waals surface area contributed by atoms with Crippen LogP contribution in [0.25, 0.3) is 10.2 Å². The molecule has 1 fully saturated rings. The Labute approximate surface area is 221 Å². The number of phenolic OH excluding ortho intramolecular Hbond substituents is 1. The standard InChI is InChI=1S/C25H27ClF3N3O4S/c1-4-35-12-16-5-17(25(27,28)29)7-20-21(16)30-24(37-20)31-23(34)19-8-18(26)6-15(22(19)33)11-32-9-13(2)36-14(3)10-32/h5-8,13-14,33H,4,9-12H2,1-3H3,(H,30,31,34)/t13-,14+. The van der Waals surface area contributed by atoms with Gasteiger partial charge in [0.2, 0.25) is 0 Å². The van der Waals surface area contributed by atoms with Crippen molar-refractivity contribution in [2.24, 2.45) is 0 Å². The lowest BCUT2D eigenvalue weighted by Crippen LogP contribution is -2.44. The quantitative estimate of drug-likeness (QED) is 0.367. The maximum atomic E-state index is 13.4. The van der Waals surface area contributed by atoms with E-state index in [4.69, 9.17) is 21.1 Å². The number of ether oxygens (including phenoxy) is 2. The van der Waals surface area contributed by atoms with Crippen molar-refractivity contribution in [3.63, 3.8) is 0 Å². The van der Waals surface area contributed by atoms with Gasteiger partial charge in [-0.2, -0.15) is 13.2 Å². The van der Waals surface area contributed by atoms with Gasteiger partial charge in [-0.05, 0) is 45.0 Å². The average Bonchev–Trinajstić information content (AvgIpc) is 3.20. The lowest BCUT2D eigenvalue weighted by molar-refractivity contribution is -0.137. The van der Waals surface area contributed by atoms with Crippen LogP contribution in [-0.2, 0) is 28.8 Å². The highest BCUT2D eigenvalue weighted by Gasteiger charge is 2.32. The van der Waals surface area contributed by atoms with Crippen LogP contribution in [0.4, 0.5) is 18.3 Å². The molecule has 0 aliphatic carbocycles. The summed E-state index contributed by atoms with van der Waals surface area (Å²) in [6.07, 6.45) is -4.49. The summed E-state index contributed by atoms with van der Waals surface area (Å²) >= 11 is 7.18. The first kappa shape index (κ1) is 27.6. The Kier molecular flexibility index (Phi) is 8.29. The Hall–Kier alpha value is -2.44.